The quantitative estimate of drug-likeness (QED) is 0.607. The molecule has 2 heterocycles. The highest BCUT2D eigenvalue weighted by molar-refractivity contribution is 6.26. The SMILES string of the molecule is NC(=O)c1cccc2c1c1c(n2Cc2cc(F)cc(F)c2F)C(CC(=O)O)=NCC1=O. The molecule has 0 bridgehead atoms. The molecule has 7 nitrogen and oxygen atoms in total. The van der Waals surface area contributed by atoms with E-state index in [-0.39, 0.29) is 45.5 Å². The van der Waals surface area contributed by atoms with Crippen LogP contribution in [-0.2, 0) is 11.3 Å². The Hall–Kier alpha value is -3.95. The molecule has 0 atom stereocenters. The van der Waals surface area contributed by atoms with Gasteiger partial charge in [-0.15, -0.1) is 0 Å². The van der Waals surface area contributed by atoms with Crippen molar-refractivity contribution in [3.8, 4) is 0 Å². The number of primary amides is 1. The molecule has 1 aliphatic rings. The summed E-state index contributed by atoms with van der Waals surface area (Å²) in [4.78, 5) is 40.1. The summed E-state index contributed by atoms with van der Waals surface area (Å²) in [7, 11) is 0. The van der Waals surface area contributed by atoms with E-state index in [9.17, 15) is 32.7 Å². The van der Waals surface area contributed by atoms with Gasteiger partial charge in [0.1, 0.15) is 12.4 Å². The number of carboxylic acid groups (broad SMARTS) is 1. The summed E-state index contributed by atoms with van der Waals surface area (Å²) < 4.78 is 43.2. The van der Waals surface area contributed by atoms with E-state index < -0.39 is 48.1 Å². The number of hydrogen-bond acceptors (Lipinski definition) is 4. The Bertz CT molecular complexity index is 1330. The third-order valence-corrected chi connectivity index (χ3v) is 5.04. The van der Waals surface area contributed by atoms with Gasteiger partial charge < -0.3 is 15.4 Å². The zero-order valence-electron chi connectivity index (χ0n) is 15.8. The van der Waals surface area contributed by atoms with E-state index in [1.54, 1.807) is 0 Å². The second-order valence-electron chi connectivity index (χ2n) is 6.99. The standard InChI is InChI=1S/C21H14F3N3O4/c22-10-4-9(19(24)12(23)5-10)8-27-14-3-1-2-11(21(25)31)17(14)18-15(28)7-26-13(20(18)27)6-16(29)30/h1-5H,6-8H2,(H2,25,31)(H,29,30). The van der Waals surface area contributed by atoms with Crippen molar-refractivity contribution in [2.45, 2.75) is 13.0 Å². The minimum atomic E-state index is -1.39. The Labute approximate surface area is 172 Å². The number of benzene rings is 2. The Morgan fingerprint density at radius 2 is 1.94 bits per heavy atom. The van der Waals surface area contributed by atoms with Crippen molar-refractivity contribution in [2.24, 2.45) is 10.7 Å². The van der Waals surface area contributed by atoms with Gasteiger partial charge in [0.2, 0.25) is 5.91 Å². The van der Waals surface area contributed by atoms with Gasteiger partial charge in [-0.25, -0.2) is 13.2 Å². The van der Waals surface area contributed by atoms with Crippen LogP contribution < -0.4 is 5.73 Å². The molecule has 1 aliphatic heterocycles. The lowest BCUT2D eigenvalue weighted by molar-refractivity contribution is -0.135. The average Bonchev–Trinajstić information content (AvgIpc) is 3.03. The minimum Gasteiger partial charge on any atom is -0.481 e. The summed E-state index contributed by atoms with van der Waals surface area (Å²) >= 11 is 0. The first-order chi connectivity index (χ1) is 14.7. The molecule has 0 unspecified atom stereocenters. The molecule has 10 heteroatoms. The van der Waals surface area contributed by atoms with Gasteiger partial charge in [-0.1, -0.05) is 6.07 Å². The highest BCUT2D eigenvalue weighted by Gasteiger charge is 2.32. The molecular weight excluding hydrogens is 415 g/mol. The molecule has 3 aromatic rings. The molecule has 1 amide bonds. The summed E-state index contributed by atoms with van der Waals surface area (Å²) in [5.41, 5.74) is 5.43. The zero-order valence-corrected chi connectivity index (χ0v) is 15.8. The van der Waals surface area contributed by atoms with Crippen molar-refractivity contribution in [3.63, 3.8) is 0 Å². The fraction of sp³-hybridized carbons (Fsp3) is 0.143. The van der Waals surface area contributed by atoms with Crippen molar-refractivity contribution in [3.05, 3.63) is 70.2 Å². The molecule has 2 aromatic carbocycles. The number of halogens is 3. The van der Waals surface area contributed by atoms with Gasteiger partial charge in [-0.3, -0.25) is 19.4 Å². The van der Waals surface area contributed by atoms with Gasteiger partial charge in [-0.05, 0) is 18.2 Å². The molecule has 0 saturated heterocycles. The maximum absolute atomic E-state index is 14.4. The third-order valence-electron chi connectivity index (χ3n) is 5.04. The van der Waals surface area contributed by atoms with Gasteiger partial charge in [0, 0.05) is 22.6 Å². The number of nitrogens with zero attached hydrogens (tertiary/aromatic N) is 2. The normalized spacial score (nSPS) is 13.3. The number of carboxylic acids is 1. The minimum absolute atomic E-state index is 0.00307. The van der Waals surface area contributed by atoms with Gasteiger partial charge in [0.05, 0.1) is 35.5 Å². The highest BCUT2D eigenvalue weighted by atomic mass is 19.2. The van der Waals surface area contributed by atoms with Crippen LogP contribution in [0.25, 0.3) is 10.9 Å². The molecule has 0 spiro atoms. The van der Waals surface area contributed by atoms with Crippen molar-refractivity contribution in [1.82, 2.24) is 4.57 Å². The lowest BCUT2D eigenvalue weighted by atomic mass is 9.96. The predicted octanol–water partition coefficient (Wildman–Crippen LogP) is 2.67. The number of fused-ring (bicyclic) bond motifs is 3. The Balaban J connectivity index is 2.07. The van der Waals surface area contributed by atoms with Gasteiger partial charge in [-0.2, -0.15) is 0 Å². The molecular formula is C21H14F3N3O4. The van der Waals surface area contributed by atoms with Gasteiger partial charge >= 0.3 is 5.97 Å². The largest absolute Gasteiger partial charge is 0.481 e. The summed E-state index contributed by atoms with van der Waals surface area (Å²) in [6.45, 7) is -0.786. The van der Waals surface area contributed by atoms with Crippen molar-refractivity contribution < 1.29 is 32.7 Å². The van der Waals surface area contributed by atoms with Crippen LogP contribution >= 0.6 is 0 Å². The van der Waals surface area contributed by atoms with E-state index in [0.29, 0.717) is 6.07 Å². The van der Waals surface area contributed by atoms with Gasteiger partial charge in [0.15, 0.2) is 17.4 Å². The number of aliphatic carboxylic acids is 1. The Kier molecular flexibility index (Phi) is 4.84. The topological polar surface area (TPSA) is 115 Å². The molecule has 4 rings (SSSR count). The summed E-state index contributed by atoms with van der Waals surface area (Å²) in [6.07, 6.45) is -0.553. The number of Topliss-reactive ketones (excluding diaryl/α,β-unsaturated/α-hetero) is 1. The van der Waals surface area contributed by atoms with Crippen LogP contribution in [0, 0.1) is 17.5 Å². The molecule has 0 radical (unpaired) electrons. The van der Waals surface area contributed by atoms with Crippen LogP contribution in [0.2, 0.25) is 0 Å². The maximum atomic E-state index is 14.4. The maximum Gasteiger partial charge on any atom is 0.309 e. The van der Waals surface area contributed by atoms with E-state index in [1.165, 1.54) is 22.8 Å². The first-order valence-corrected chi connectivity index (χ1v) is 9.06. The van der Waals surface area contributed by atoms with Crippen molar-refractivity contribution in [1.29, 1.82) is 0 Å². The van der Waals surface area contributed by atoms with Gasteiger partial charge in [0.25, 0.3) is 0 Å². The zero-order chi connectivity index (χ0) is 22.4. The van der Waals surface area contributed by atoms with Crippen LogP contribution in [0.3, 0.4) is 0 Å². The molecule has 0 fully saturated rings. The fourth-order valence-electron chi connectivity index (χ4n) is 3.84. The van der Waals surface area contributed by atoms with E-state index in [1.807, 2.05) is 0 Å². The summed E-state index contributed by atoms with van der Waals surface area (Å²) in [5, 5.41) is 9.42. The lowest BCUT2D eigenvalue weighted by Crippen LogP contribution is -2.24. The van der Waals surface area contributed by atoms with Crippen molar-refractivity contribution >= 4 is 34.3 Å². The van der Waals surface area contributed by atoms with Crippen LogP contribution in [0.4, 0.5) is 13.2 Å². The number of aliphatic imine (C=N–C) groups is 1. The Morgan fingerprint density at radius 3 is 2.61 bits per heavy atom. The Morgan fingerprint density at radius 1 is 1.19 bits per heavy atom. The molecule has 31 heavy (non-hydrogen) atoms. The fourth-order valence-corrected chi connectivity index (χ4v) is 3.84. The number of aromatic nitrogens is 1. The molecule has 0 saturated carbocycles. The average molecular weight is 429 g/mol. The summed E-state index contributed by atoms with van der Waals surface area (Å²) in [6, 6.07) is 5.58. The monoisotopic (exact) mass is 429 g/mol. The smallest absolute Gasteiger partial charge is 0.309 e. The van der Waals surface area contributed by atoms with Crippen LogP contribution in [0.15, 0.2) is 35.3 Å². The first kappa shape index (κ1) is 20.3. The number of nitrogens with two attached hydrogens (primary N) is 1. The summed E-state index contributed by atoms with van der Waals surface area (Å²) in [5.74, 6) is -6.24. The number of amides is 1. The highest BCUT2D eigenvalue weighted by Crippen LogP contribution is 2.34. The number of hydrogen-bond donors (Lipinski definition) is 2. The van der Waals surface area contributed by atoms with Crippen LogP contribution in [0.1, 0.15) is 38.4 Å². The van der Waals surface area contributed by atoms with Crippen LogP contribution in [0.5, 0.6) is 0 Å². The third kappa shape index (κ3) is 3.35. The van der Waals surface area contributed by atoms with E-state index in [0.717, 1.165) is 6.07 Å². The van der Waals surface area contributed by atoms with E-state index in [4.69, 9.17) is 5.73 Å². The first-order valence-electron chi connectivity index (χ1n) is 9.06. The number of ketones is 1. The molecule has 1 aromatic heterocycles. The second kappa shape index (κ2) is 7.38. The second-order valence-corrected chi connectivity index (χ2v) is 6.99. The number of rotatable bonds is 5. The van der Waals surface area contributed by atoms with E-state index in [2.05, 4.69) is 4.99 Å². The number of carbonyl (C=O) groups excluding carboxylic acids is 2. The number of carbonyl (C=O) groups is 3. The van der Waals surface area contributed by atoms with Crippen LogP contribution in [-0.4, -0.2) is 39.6 Å². The molecule has 158 valence electrons. The predicted molar refractivity (Wildman–Crippen MR) is 104 cm³/mol. The van der Waals surface area contributed by atoms with E-state index >= 15 is 0 Å². The molecule has 3 N–H and O–H groups in total. The molecule has 0 aliphatic carbocycles. The van der Waals surface area contributed by atoms with Crippen molar-refractivity contribution in [2.75, 3.05) is 6.54 Å². The lowest BCUT2D eigenvalue weighted by Gasteiger charge is -2.17.